The molecule has 7 nitrogen and oxygen atoms in total. The molecule has 0 amide bonds. The van der Waals surface area contributed by atoms with Crippen molar-refractivity contribution in [2.24, 2.45) is 14.1 Å². The number of fused-ring (bicyclic) bond motifs is 2. The number of hydrogen-bond acceptors (Lipinski definition) is 5. The summed E-state index contributed by atoms with van der Waals surface area (Å²) >= 11 is 0. The van der Waals surface area contributed by atoms with Gasteiger partial charge in [0.1, 0.15) is 11.5 Å². The summed E-state index contributed by atoms with van der Waals surface area (Å²) in [4.78, 5) is 0. The molecule has 0 bridgehead atoms. The van der Waals surface area contributed by atoms with Gasteiger partial charge >= 0.3 is 0 Å². The molecule has 0 fully saturated rings. The van der Waals surface area contributed by atoms with Crippen LogP contribution in [0.3, 0.4) is 0 Å². The van der Waals surface area contributed by atoms with E-state index in [0.29, 0.717) is 11.8 Å². The van der Waals surface area contributed by atoms with Crippen molar-refractivity contribution >= 4 is 21.8 Å². The maximum Gasteiger partial charge on any atom is 0.254 e. The Morgan fingerprint density at radius 2 is 1.36 bits per heavy atom. The zero-order valence-corrected chi connectivity index (χ0v) is 23.7. The molecule has 0 aliphatic carbocycles. The van der Waals surface area contributed by atoms with Gasteiger partial charge in [-0.05, 0) is 59.2 Å². The van der Waals surface area contributed by atoms with Gasteiger partial charge in [0.2, 0.25) is 5.89 Å². The number of benzene rings is 4. The molecular weight excluding hydrogens is 524 g/mol. The van der Waals surface area contributed by atoms with Crippen LogP contribution in [0.4, 0.5) is 0 Å². The number of nitrogens with zero attached hydrogens (tertiary/aromatic N) is 4. The number of hydrogen-bond donors (Lipinski definition) is 0. The fourth-order valence-electron chi connectivity index (χ4n) is 5.82. The highest BCUT2D eigenvalue weighted by Crippen LogP contribution is 2.41. The first kappa shape index (κ1) is 25.7. The van der Waals surface area contributed by atoms with Crippen molar-refractivity contribution in [1.82, 2.24) is 19.3 Å². The minimum Gasteiger partial charge on any atom is -0.497 e. The molecule has 7 rings (SSSR count). The molecule has 0 radical (unpaired) electrons. The van der Waals surface area contributed by atoms with Crippen LogP contribution in [0.5, 0.6) is 11.5 Å². The van der Waals surface area contributed by atoms with Crippen molar-refractivity contribution in [2.75, 3.05) is 7.11 Å². The highest BCUT2D eigenvalue weighted by atomic mass is 16.5. The van der Waals surface area contributed by atoms with Crippen LogP contribution in [-0.2, 0) is 20.7 Å². The molecule has 0 saturated carbocycles. The van der Waals surface area contributed by atoms with Crippen LogP contribution >= 0.6 is 0 Å². The molecule has 42 heavy (non-hydrogen) atoms. The van der Waals surface area contributed by atoms with Gasteiger partial charge in [-0.25, -0.2) is 0 Å². The van der Waals surface area contributed by atoms with Gasteiger partial charge in [-0.15, -0.1) is 10.2 Å². The van der Waals surface area contributed by atoms with Gasteiger partial charge in [0, 0.05) is 59.8 Å². The highest BCUT2D eigenvalue weighted by molar-refractivity contribution is 5.89. The first-order valence-electron chi connectivity index (χ1n) is 13.9. The summed E-state index contributed by atoms with van der Waals surface area (Å²) in [5, 5.41) is 10.8. The van der Waals surface area contributed by atoms with Crippen LogP contribution in [0.25, 0.3) is 33.3 Å². The number of aromatic nitrogens is 4. The first-order valence-corrected chi connectivity index (χ1v) is 13.9. The molecule has 0 aliphatic rings. The molecule has 208 valence electrons. The lowest BCUT2D eigenvalue weighted by molar-refractivity contribution is 0.264. The molecular formula is C35H30N4O3. The van der Waals surface area contributed by atoms with E-state index in [-0.39, 0.29) is 12.5 Å². The lowest BCUT2D eigenvalue weighted by Gasteiger charge is -2.18. The Bertz CT molecular complexity index is 1940. The predicted octanol–water partition coefficient (Wildman–Crippen LogP) is 7.49. The standard InChI is InChI=1S/C35H30N4O3/c1-38-20-29(27-11-4-6-13-31(27)38)34(30-21-39(2)32-14-7-5-12-28(30)32)23-15-17-25(18-16-23)41-22-33-36-37-35(42-33)24-9-8-10-26(19-24)40-3/h4-21,34H,22H2,1-3H3. The minimum absolute atomic E-state index is 0.0395. The van der Waals surface area contributed by atoms with Gasteiger partial charge in [-0.3, -0.25) is 0 Å². The summed E-state index contributed by atoms with van der Waals surface area (Å²) in [6.45, 7) is 0.173. The lowest BCUT2D eigenvalue weighted by Crippen LogP contribution is -2.03. The van der Waals surface area contributed by atoms with Crippen molar-refractivity contribution < 1.29 is 13.9 Å². The first-order chi connectivity index (χ1) is 20.6. The number of methoxy groups -OCH3 is 1. The third-order valence-electron chi connectivity index (χ3n) is 7.84. The van der Waals surface area contributed by atoms with Crippen LogP contribution < -0.4 is 9.47 Å². The fraction of sp³-hybridized carbons (Fsp3) is 0.143. The molecule has 7 aromatic rings. The summed E-state index contributed by atoms with van der Waals surface area (Å²) in [7, 11) is 5.85. The molecule has 0 aliphatic heterocycles. The third kappa shape index (κ3) is 4.59. The summed E-state index contributed by atoms with van der Waals surface area (Å²) in [5.74, 6) is 2.33. The number of aryl methyl sites for hydroxylation is 2. The molecule has 0 atom stereocenters. The van der Waals surface area contributed by atoms with Gasteiger partial charge in [0.25, 0.3) is 5.89 Å². The zero-order valence-electron chi connectivity index (χ0n) is 23.7. The highest BCUT2D eigenvalue weighted by Gasteiger charge is 2.24. The zero-order chi connectivity index (χ0) is 28.6. The molecule has 3 heterocycles. The monoisotopic (exact) mass is 554 g/mol. The Balaban J connectivity index is 1.19. The lowest BCUT2D eigenvalue weighted by atomic mass is 9.85. The van der Waals surface area contributed by atoms with Gasteiger partial charge in [-0.2, -0.15) is 0 Å². The molecule has 0 saturated heterocycles. The van der Waals surface area contributed by atoms with Crippen LogP contribution in [-0.4, -0.2) is 26.4 Å². The quantitative estimate of drug-likeness (QED) is 0.195. The number of rotatable bonds is 8. The molecule has 0 unspecified atom stereocenters. The number of para-hydroxylation sites is 2. The van der Waals surface area contributed by atoms with Crippen molar-refractivity contribution in [1.29, 1.82) is 0 Å². The van der Waals surface area contributed by atoms with Crippen molar-refractivity contribution in [2.45, 2.75) is 12.5 Å². The normalized spacial score (nSPS) is 11.5. The van der Waals surface area contributed by atoms with Crippen LogP contribution in [0.2, 0.25) is 0 Å². The third-order valence-corrected chi connectivity index (χ3v) is 7.84. The molecule has 7 heteroatoms. The molecule has 0 N–H and O–H groups in total. The van der Waals surface area contributed by atoms with Gasteiger partial charge < -0.3 is 23.0 Å². The topological polar surface area (TPSA) is 67.2 Å². The average molecular weight is 555 g/mol. The van der Waals surface area contributed by atoms with Gasteiger partial charge in [-0.1, -0.05) is 54.6 Å². The van der Waals surface area contributed by atoms with Crippen molar-refractivity contribution in [3.05, 3.63) is 132 Å². The van der Waals surface area contributed by atoms with E-state index in [4.69, 9.17) is 13.9 Å². The van der Waals surface area contributed by atoms with E-state index in [1.807, 2.05) is 36.4 Å². The maximum atomic E-state index is 6.05. The average Bonchev–Trinajstić information content (AvgIpc) is 3.74. The fourth-order valence-corrected chi connectivity index (χ4v) is 5.82. The SMILES string of the molecule is COc1cccc(-c2nnc(COc3ccc(C(c4cn(C)c5ccccc45)c4cn(C)c5ccccc45)cc3)o2)c1. The van der Waals surface area contributed by atoms with Gasteiger partial charge in [0.05, 0.1) is 7.11 Å². The smallest absolute Gasteiger partial charge is 0.254 e. The van der Waals surface area contributed by atoms with E-state index in [1.165, 1.54) is 38.5 Å². The van der Waals surface area contributed by atoms with E-state index >= 15 is 0 Å². The second-order valence-corrected chi connectivity index (χ2v) is 10.4. The summed E-state index contributed by atoms with van der Waals surface area (Å²) in [6, 6.07) is 33.0. The molecule has 3 aromatic heterocycles. The Morgan fingerprint density at radius 1 is 0.714 bits per heavy atom. The van der Waals surface area contributed by atoms with Crippen LogP contribution in [0.15, 0.2) is 114 Å². The van der Waals surface area contributed by atoms with Crippen molar-refractivity contribution in [3.8, 4) is 23.0 Å². The summed E-state index contributed by atoms with van der Waals surface area (Å²) in [5.41, 5.74) is 6.96. The van der Waals surface area contributed by atoms with Crippen LogP contribution in [0, 0.1) is 0 Å². The Morgan fingerprint density at radius 3 is 2.00 bits per heavy atom. The summed E-state index contributed by atoms with van der Waals surface area (Å²) in [6.07, 6.45) is 4.52. The predicted molar refractivity (Wildman–Crippen MR) is 164 cm³/mol. The summed E-state index contributed by atoms with van der Waals surface area (Å²) < 4.78 is 21.6. The molecule has 4 aromatic carbocycles. The number of ether oxygens (including phenoxy) is 2. The maximum absolute atomic E-state index is 6.05. The largest absolute Gasteiger partial charge is 0.497 e. The minimum atomic E-state index is 0.0395. The van der Waals surface area contributed by atoms with E-state index < -0.39 is 0 Å². The Kier molecular flexibility index (Phi) is 6.47. The van der Waals surface area contributed by atoms with E-state index in [9.17, 15) is 0 Å². The van der Waals surface area contributed by atoms with E-state index in [2.05, 4.69) is 106 Å². The Hall–Kier alpha value is -5.30. The van der Waals surface area contributed by atoms with E-state index in [0.717, 1.165) is 17.1 Å². The van der Waals surface area contributed by atoms with Gasteiger partial charge in [0.15, 0.2) is 6.61 Å². The van der Waals surface area contributed by atoms with Crippen LogP contribution in [0.1, 0.15) is 28.5 Å². The second-order valence-electron chi connectivity index (χ2n) is 10.4. The van der Waals surface area contributed by atoms with Crippen molar-refractivity contribution in [3.63, 3.8) is 0 Å². The second kappa shape index (κ2) is 10.6. The Labute approximate surface area is 243 Å². The molecule has 0 spiro atoms. The van der Waals surface area contributed by atoms with E-state index in [1.54, 1.807) is 7.11 Å².